The van der Waals surface area contributed by atoms with Crippen LogP contribution < -0.4 is 5.32 Å². The maximum Gasteiger partial charge on any atom is 0.326 e. The molecular formula is C32H38N2O4S. The molecule has 1 saturated heterocycles. The molecule has 0 spiro atoms. The van der Waals surface area contributed by atoms with Gasteiger partial charge in [0.1, 0.15) is 6.04 Å². The van der Waals surface area contributed by atoms with Crippen LogP contribution >= 0.6 is 11.8 Å². The molecule has 206 valence electrons. The molecular weight excluding hydrogens is 508 g/mol. The average molecular weight is 547 g/mol. The molecule has 0 aromatic heterocycles. The molecule has 0 radical (unpaired) electrons. The van der Waals surface area contributed by atoms with Gasteiger partial charge in [-0.15, -0.1) is 0 Å². The van der Waals surface area contributed by atoms with Gasteiger partial charge in [0, 0.05) is 18.2 Å². The first-order valence-corrected chi connectivity index (χ1v) is 14.9. The van der Waals surface area contributed by atoms with Gasteiger partial charge in [0.25, 0.3) is 5.91 Å². The predicted molar refractivity (Wildman–Crippen MR) is 158 cm³/mol. The van der Waals surface area contributed by atoms with Gasteiger partial charge in [0.15, 0.2) is 0 Å². The Morgan fingerprint density at radius 3 is 2.56 bits per heavy atom. The summed E-state index contributed by atoms with van der Waals surface area (Å²) in [5.74, 6) is -0.713. The normalized spacial score (nSPS) is 16.2. The summed E-state index contributed by atoms with van der Waals surface area (Å²) in [5.41, 5.74) is 5.66. The molecule has 1 amide bonds. The molecule has 3 aromatic rings. The highest BCUT2D eigenvalue weighted by Gasteiger charge is 2.26. The van der Waals surface area contributed by atoms with Crippen molar-refractivity contribution in [1.29, 1.82) is 0 Å². The van der Waals surface area contributed by atoms with Gasteiger partial charge in [0.2, 0.25) is 0 Å². The largest absolute Gasteiger partial charge is 0.480 e. The SMILES string of the molecule is CSCC[C@H](NC(=O)c1ccc(CN2CCCC2COCc2ccccc2)cc1-c1ccccc1C)C(=O)O. The number of aryl methyl sites for hydroxylation is 1. The van der Waals surface area contributed by atoms with E-state index in [1.54, 1.807) is 11.8 Å². The van der Waals surface area contributed by atoms with Crippen molar-refractivity contribution in [2.75, 3.05) is 25.2 Å². The van der Waals surface area contributed by atoms with Crippen LogP contribution in [0.1, 0.15) is 46.3 Å². The highest BCUT2D eigenvalue weighted by Crippen LogP contribution is 2.30. The summed E-state index contributed by atoms with van der Waals surface area (Å²) in [5, 5.41) is 12.4. The Morgan fingerprint density at radius 1 is 1.05 bits per heavy atom. The maximum absolute atomic E-state index is 13.4. The molecule has 39 heavy (non-hydrogen) atoms. The number of hydrogen-bond acceptors (Lipinski definition) is 5. The van der Waals surface area contributed by atoms with Crippen molar-refractivity contribution in [1.82, 2.24) is 10.2 Å². The highest BCUT2D eigenvalue weighted by atomic mass is 32.2. The zero-order valence-corrected chi connectivity index (χ0v) is 23.6. The smallest absolute Gasteiger partial charge is 0.326 e. The Morgan fingerprint density at radius 2 is 1.82 bits per heavy atom. The van der Waals surface area contributed by atoms with Gasteiger partial charge in [-0.25, -0.2) is 4.79 Å². The van der Waals surface area contributed by atoms with Gasteiger partial charge in [-0.3, -0.25) is 9.69 Å². The fourth-order valence-electron chi connectivity index (χ4n) is 5.13. The molecule has 0 saturated carbocycles. The van der Waals surface area contributed by atoms with Crippen LogP contribution in [-0.4, -0.2) is 59.1 Å². The van der Waals surface area contributed by atoms with Crippen molar-refractivity contribution in [3.63, 3.8) is 0 Å². The van der Waals surface area contributed by atoms with Crippen molar-refractivity contribution in [3.05, 3.63) is 95.1 Å². The number of benzene rings is 3. The van der Waals surface area contributed by atoms with E-state index in [4.69, 9.17) is 4.74 Å². The Bertz CT molecular complexity index is 1250. The van der Waals surface area contributed by atoms with Crippen LogP contribution in [0.15, 0.2) is 72.8 Å². The van der Waals surface area contributed by atoms with Gasteiger partial charge in [-0.05, 0) is 84.7 Å². The monoisotopic (exact) mass is 546 g/mol. The number of rotatable bonds is 13. The third-order valence-corrected chi connectivity index (χ3v) is 7.93. The van der Waals surface area contributed by atoms with Gasteiger partial charge >= 0.3 is 5.97 Å². The molecule has 6 nitrogen and oxygen atoms in total. The molecule has 3 aromatic carbocycles. The molecule has 0 aliphatic carbocycles. The number of carboxylic acid groups (broad SMARTS) is 1. The summed E-state index contributed by atoms with van der Waals surface area (Å²) in [6.07, 6.45) is 4.54. The second-order valence-electron chi connectivity index (χ2n) is 10.1. The lowest BCUT2D eigenvalue weighted by Crippen LogP contribution is -2.41. The molecule has 1 unspecified atom stereocenters. The Balaban J connectivity index is 1.52. The summed E-state index contributed by atoms with van der Waals surface area (Å²) < 4.78 is 6.07. The highest BCUT2D eigenvalue weighted by molar-refractivity contribution is 7.98. The molecule has 1 fully saturated rings. The maximum atomic E-state index is 13.4. The topological polar surface area (TPSA) is 78.9 Å². The Kier molecular flexibility index (Phi) is 10.6. The van der Waals surface area contributed by atoms with Crippen molar-refractivity contribution >= 4 is 23.6 Å². The lowest BCUT2D eigenvalue weighted by molar-refractivity contribution is -0.139. The number of hydrogen-bond donors (Lipinski definition) is 2. The van der Waals surface area contributed by atoms with E-state index in [0.29, 0.717) is 37.0 Å². The first-order valence-electron chi connectivity index (χ1n) is 13.5. The van der Waals surface area contributed by atoms with Crippen LogP contribution in [0, 0.1) is 6.92 Å². The second-order valence-corrected chi connectivity index (χ2v) is 11.1. The van der Waals surface area contributed by atoms with Crippen LogP contribution in [0.25, 0.3) is 11.1 Å². The number of carbonyl (C=O) groups excluding carboxylic acids is 1. The second kappa shape index (κ2) is 14.3. The molecule has 4 rings (SSSR count). The van der Waals surface area contributed by atoms with Crippen LogP contribution in [0.2, 0.25) is 0 Å². The fraction of sp³-hybridized carbons (Fsp3) is 0.375. The number of aliphatic carboxylic acids is 1. The van der Waals surface area contributed by atoms with Crippen LogP contribution in [-0.2, 0) is 22.7 Å². The number of carbonyl (C=O) groups is 2. The summed E-state index contributed by atoms with van der Waals surface area (Å²) in [7, 11) is 0. The minimum Gasteiger partial charge on any atom is -0.480 e. The van der Waals surface area contributed by atoms with Crippen molar-refractivity contribution in [3.8, 4) is 11.1 Å². The minimum atomic E-state index is -1.01. The fourth-order valence-corrected chi connectivity index (χ4v) is 5.60. The van der Waals surface area contributed by atoms with Crippen molar-refractivity contribution < 1.29 is 19.4 Å². The van der Waals surface area contributed by atoms with E-state index in [9.17, 15) is 14.7 Å². The Hall–Kier alpha value is -3.13. The van der Waals surface area contributed by atoms with Gasteiger partial charge in [0.05, 0.1) is 13.2 Å². The molecule has 7 heteroatoms. The number of nitrogens with zero attached hydrogens (tertiary/aromatic N) is 1. The number of ether oxygens (including phenoxy) is 1. The zero-order valence-electron chi connectivity index (χ0n) is 22.8. The van der Waals surface area contributed by atoms with Crippen LogP contribution in [0.5, 0.6) is 0 Å². The van der Waals surface area contributed by atoms with E-state index in [1.807, 2.05) is 67.8 Å². The Labute approximate surface area is 235 Å². The first kappa shape index (κ1) is 28.9. The summed E-state index contributed by atoms with van der Waals surface area (Å²) in [4.78, 5) is 27.6. The molecule has 2 N–H and O–H groups in total. The first-order chi connectivity index (χ1) is 19.0. The number of nitrogens with one attached hydrogen (secondary N) is 1. The standard InChI is InChI=1S/C32H38N2O4S/c1-23-9-6-7-13-27(23)29-19-25(14-15-28(29)31(35)33-30(32(36)37)16-18-39-2)20-34-17-8-12-26(34)22-38-21-24-10-4-3-5-11-24/h3-7,9-11,13-15,19,26,30H,8,12,16-18,20-22H2,1-2H3,(H,33,35)(H,36,37)/t26?,30-/m0/s1. The lowest BCUT2D eigenvalue weighted by Gasteiger charge is -2.25. The summed E-state index contributed by atoms with van der Waals surface area (Å²) >= 11 is 1.56. The molecule has 1 heterocycles. The number of carboxylic acids is 1. The van der Waals surface area contributed by atoms with Crippen LogP contribution in [0.3, 0.4) is 0 Å². The van der Waals surface area contributed by atoms with Crippen molar-refractivity contribution in [2.24, 2.45) is 0 Å². The molecule has 1 aliphatic heterocycles. The third kappa shape index (κ3) is 7.94. The number of likely N-dealkylation sites (tertiary alicyclic amines) is 1. The van der Waals surface area contributed by atoms with E-state index >= 15 is 0 Å². The lowest BCUT2D eigenvalue weighted by atomic mass is 9.93. The molecule has 0 bridgehead atoms. The third-order valence-electron chi connectivity index (χ3n) is 7.28. The van der Waals surface area contributed by atoms with Gasteiger partial charge < -0.3 is 15.2 Å². The van der Waals surface area contributed by atoms with Gasteiger partial charge in [-0.1, -0.05) is 60.7 Å². The molecule has 2 atom stereocenters. The van der Waals surface area contributed by atoms with Crippen molar-refractivity contribution in [2.45, 2.75) is 51.4 Å². The van der Waals surface area contributed by atoms with E-state index < -0.39 is 12.0 Å². The predicted octanol–water partition coefficient (Wildman–Crippen LogP) is 5.78. The minimum absolute atomic E-state index is 0.353. The number of amides is 1. The van der Waals surface area contributed by atoms with E-state index in [1.165, 1.54) is 5.56 Å². The summed E-state index contributed by atoms with van der Waals surface area (Å²) in [6, 6.07) is 23.6. The quantitative estimate of drug-likeness (QED) is 0.283. The van der Waals surface area contributed by atoms with E-state index in [2.05, 4.69) is 28.4 Å². The molecule has 1 aliphatic rings. The zero-order chi connectivity index (χ0) is 27.6. The number of thioether (sulfide) groups is 1. The summed E-state index contributed by atoms with van der Waals surface area (Å²) in [6.45, 7) is 5.11. The van der Waals surface area contributed by atoms with E-state index in [-0.39, 0.29) is 5.91 Å². The average Bonchev–Trinajstić information content (AvgIpc) is 3.38. The van der Waals surface area contributed by atoms with E-state index in [0.717, 1.165) is 48.2 Å². The van der Waals surface area contributed by atoms with Crippen LogP contribution in [0.4, 0.5) is 0 Å². The van der Waals surface area contributed by atoms with Gasteiger partial charge in [-0.2, -0.15) is 11.8 Å².